The van der Waals surface area contributed by atoms with Crippen LogP contribution in [0.15, 0.2) is 12.1 Å². The highest BCUT2D eigenvalue weighted by atomic mass is 19.2. The third-order valence-corrected chi connectivity index (χ3v) is 3.92. The predicted molar refractivity (Wildman–Crippen MR) is 69.8 cm³/mol. The zero-order valence-corrected chi connectivity index (χ0v) is 11.4. The summed E-state index contributed by atoms with van der Waals surface area (Å²) in [7, 11) is 0. The van der Waals surface area contributed by atoms with Crippen LogP contribution in [0, 0.1) is 23.4 Å². The molecule has 2 rings (SSSR count). The van der Waals surface area contributed by atoms with Gasteiger partial charge >= 0.3 is 0 Å². The van der Waals surface area contributed by atoms with E-state index in [0.29, 0.717) is 5.92 Å². The van der Waals surface area contributed by atoms with Crippen molar-refractivity contribution in [2.45, 2.75) is 45.1 Å². The first-order valence-corrected chi connectivity index (χ1v) is 6.94. The minimum absolute atomic E-state index is 0.00109. The molecule has 20 heavy (non-hydrogen) atoms. The Morgan fingerprint density at radius 2 is 1.70 bits per heavy atom. The summed E-state index contributed by atoms with van der Waals surface area (Å²) in [6.45, 7) is 2.06. The molecule has 2 nitrogen and oxygen atoms in total. The van der Waals surface area contributed by atoms with Crippen LogP contribution < -0.4 is 5.32 Å². The number of amides is 1. The summed E-state index contributed by atoms with van der Waals surface area (Å²) in [5.74, 6) is -4.46. The largest absolute Gasteiger partial charge is 0.349 e. The highest BCUT2D eigenvalue weighted by molar-refractivity contribution is 5.94. The molecule has 0 saturated heterocycles. The smallest absolute Gasteiger partial charge is 0.251 e. The van der Waals surface area contributed by atoms with Crippen molar-refractivity contribution >= 4 is 5.91 Å². The highest BCUT2D eigenvalue weighted by Crippen LogP contribution is 2.23. The maximum atomic E-state index is 13.1. The molecule has 0 radical (unpaired) electrons. The van der Waals surface area contributed by atoms with E-state index in [1.165, 1.54) is 0 Å². The lowest BCUT2D eigenvalue weighted by Crippen LogP contribution is -2.39. The second kappa shape index (κ2) is 6.29. The number of hydrogen-bond donors (Lipinski definition) is 1. The lowest BCUT2D eigenvalue weighted by molar-refractivity contribution is 0.0920. The normalized spacial score (nSPS) is 23.2. The van der Waals surface area contributed by atoms with Gasteiger partial charge in [-0.3, -0.25) is 4.79 Å². The first-order chi connectivity index (χ1) is 9.49. The van der Waals surface area contributed by atoms with E-state index in [0.717, 1.165) is 44.2 Å². The Kier molecular flexibility index (Phi) is 4.68. The molecule has 2 unspecified atom stereocenters. The molecule has 0 heterocycles. The van der Waals surface area contributed by atoms with Crippen molar-refractivity contribution in [1.82, 2.24) is 5.32 Å². The maximum Gasteiger partial charge on any atom is 0.251 e. The number of halogens is 3. The zero-order chi connectivity index (χ0) is 14.7. The highest BCUT2D eigenvalue weighted by Gasteiger charge is 2.23. The fourth-order valence-corrected chi connectivity index (χ4v) is 2.65. The van der Waals surface area contributed by atoms with E-state index in [-0.39, 0.29) is 11.6 Å². The van der Waals surface area contributed by atoms with E-state index in [1.54, 1.807) is 0 Å². The van der Waals surface area contributed by atoms with Crippen molar-refractivity contribution < 1.29 is 18.0 Å². The number of hydrogen-bond acceptors (Lipinski definition) is 1. The van der Waals surface area contributed by atoms with E-state index < -0.39 is 23.4 Å². The van der Waals surface area contributed by atoms with Crippen molar-refractivity contribution in [3.05, 3.63) is 35.1 Å². The minimum Gasteiger partial charge on any atom is -0.349 e. The van der Waals surface area contributed by atoms with Crippen LogP contribution in [0.2, 0.25) is 0 Å². The van der Waals surface area contributed by atoms with E-state index in [1.807, 2.05) is 0 Å². The average molecular weight is 285 g/mol. The summed E-state index contributed by atoms with van der Waals surface area (Å²) >= 11 is 0. The molecule has 1 fully saturated rings. The SMILES string of the molecule is CC1CCCCCC1NC(=O)c1cc(F)c(F)c(F)c1. The zero-order valence-electron chi connectivity index (χ0n) is 11.4. The predicted octanol–water partition coefficient (Wildman–Crippen LogP) is 3.80. The third kappa shape index (κ3) is 3.32. The molecule has 1 N–H and O–H groups in total. The average Bonchev–Trinajstić information content (AvgIpc) is 2.61. The van der Waals surface area contributed by atoms with Gasteiger partial charge in [0.2, 0.25) is 0 Å². The number of rotatable bonds is 2. The maximum absolute atomic E-state index is 13.1. The Morgan fingerprint density at radius 1 is 1.10 bits per heavy atom. The molecule has 0 bridgehead atoms. The molecule has 1 aromatic rings. The van der Waals surface area contributed by atoms with Crippen LogP contribution in [0.4, 0.5) is 13.2 Å². The molecule has 1 aromatic carbocycles. The summed E-state index contributed by atoms with van der Waals surface area (Å²) in [5.41, 5.74) is -0.183. The van der Waals surface area contributed by atoms with Gasteiger partial charge in [-0.1, -0.05) is 26.2 Å². The van der Waals surface area contributed by atoms with Crippen molar-refractivity contribution in [2.24, 2.45) is 5.92 Å². The second-order valence-corrected chi connectivity index (χ2v) is 5.45. The van der Waals surface area contributed by atoms with E-state index in [4.69, 9.17) is 0 Å². The van der Waals surface area contributed by atoms with E-state index in [9.17, 15) is 18.0 Å². The van der Waals surface area contributed by atoms with Crippen molar-refractivity contribution in [1.29, 1.82) is 0 Å². The van der Waals surface area contributed by atoms with Crippen molar-refractivity contribution in [3.63, 3.8) is 0 Å². The van der Waals surface area contributed by atoms with E-state index >= 15 is 0 Å². The lowest BCUT2D eigenvalue weighted by atomic mass is 9.96. The number of carbonyl (C=O) groups is 1. The molecule has 110 valence electrons. The van der Waals surface area contributed by atoms with Crippen LogP contribution in [-0.2, 0) is 0 Å². The van der Waals surface area contributed by atoms with E-state index in [2.05, 4.69) is 12.2 Å². The lowest BCUT2D eigenvalue weighted by Gasteiger charge is -2.22. The Balaban J connectivity index is 2.11. The molecule has 1 aliphatic carbocycles. The van der Waals surface area contributed by atoms with Gasteiger partial charge in [-0.25, -0.2) is 13.2 Å². The van der Waals surface area contributed by atoms with Crippen LogP contribution in [0.25, 0.3) is 0 Å². The van der Waals surface area contributed by atoms with Gasteiger partial charge in [-0.2, -0.15) is 0 Å². The topological polar surface area (TPSA) is 29.1 Å². The van der Waals surface area contributed by atoms with Gasteiger partial charge in [-0.15, -0.1) is 0 Å². The van der Waals surface area contributed by atoms with Crippen LogP contribution in [0.5, 0.6) is 0 Å². The standard InChI is InChI=1S/C15H18F3NO/c1-9-5-3-2-4-6-13(9)19-15(20)10-7-11(16)14(18)12(17)8-10/h7-9,13H,2-6H2,1H3,(H,19,20). The van der Waals surface area contributed by atoms with Gasteiger partial charge < -0.3 is 5.32 Å². The van der Waals surface area contributed by atoms with Crippen LogP contribution in [0.3, 0.4) is 0 Å². The summed E-state index contributed by atoms with van der Waals surface area (Å²) in [4.78, 5) is 12.0. The van der Waals surface area contributed by atoms with Gasteiger partial charge in [0.1, 0.15) is 0 Å². The summed E-state index contributed by atoms with van der Waals surface area (Å²) in [6.07, 6.45) is 5.18. The quantitative estimate of drug-likeness (QED) is 0.650. The van der Waals surface area contributed by atoms with Crippen LogP contribution in [0.1, 0.15) is 49.4 Å². The van der Waals surface area contributed by atoms with Gasteiger partial charge in [-0.05, 0) is 30.9 Å². The molecule has 2 atom stereocenters. The first-order valence-electron chi connectivity index (χ1n) is 6.94. The Hall–Kier alpha value is -1.52. The van der Waals surface area contributed by atoms with Crippen LogP contribution >= 0.6 is 0 Å². The molecule has 1 aliphatic rings. The fourth-order valence-electron chi connectivity index (χ4n) is 2.65. The Bertz CT molecular complexity index is 481. The molecule has 5 heteroatoms. The molecule has 0 spiro atoms. The van der Waals surface area contributed by atoms with Crippen molar-refractivity contribution in [3.8, 4) is 0 Å². The molecular formula is C15H18F3NO. The third-order valence-electron chi connectivity index (χ3n) is 3.92. The van der Waals surface area contributed by atoms with Crippen LogP contribution in [-0.4, -0.2) is 11.9 Å². The van der Waals surface area contributed by atoms with Gasteiger partial charge in [0, 0.05) is 11.6 Å². The summed E-state index contributed by atoms with van der Waals surface area (Å²) < 4.78 is 39.1. The molecule has 0 aromatic heterocycles. The molecule has 1 saturated carbocycles. The van der Waals surface area contributed by atoms with Gasteiger partial charge in [0.25, 0.3) is 5.91 Å². The summed E-state index contributed by atoms with van der Waals surface area (Å²) in [5, 5.41) is 2.80. The molecular weight excluding hydrogens is 267 g/mol. The van der Waals surface area contributed by atoms with Gasteiger partial charge in [0.15, 0.2) is 17.5 Å². The summed E-state index contributed by atoms with van der Waals surface area (Å²) in [6, 6.07) is 1.46. The number of carbonyl (C=O) groups excluding carboxylic acids is 1. The number of nitrogens with one attached hydrogen (secondary N) is 1. The molecule has 1 amide bonds. The van der Waals surface area contributed by atoms with Gasteiger partial charge in [0.05, 0.1) is 0 Å². The first kappa shape index (κ1) is 14.9. The number of benzene rings is 1. The monoisotopic (exact) mass is 285 g/mol. The Morgan fingerprint density at radius 3 is 2.35 bits per heavy atom. The van der Waals surface area contributed by atoms with Crippen molar-refractivity contribution in [2.75, 3.05) is 0 Å². The molecule has 0 aliphatic heterocycles. The fraction of sp³-hybridized carbons (Fsp3) is 0.533. The minimum atomic E-state index is -1.55. The second-order valence-electron chi connectivity index (χ2n) is 5.45. The Labute approximate surface area is 116 Å².